The lowest BCUT2D eigenvalue weighted by Crippen LogP contribution is -2.34. The molecular formula is C18H19NO3. The highest BCUT2D eigenvalue weighted by molar-refractivity contribution is 6.14. The Labute approximate surface area is 129 Å². The van der Waals surface area contributed by atoms with Gasteiger partial charge in [-0.15, -0.1) is 0 Å². The molecular weight excluding hydrogens is 278 g/mol. The van der Waals surface area contributed by atoms with Gasteiger partial charge in [-0.25, -0.2) is 0 Å². The number of furan rings is 2. The number of nitrogens with zero attached hydrogens (tertiary/aromatic N) is 1. The van der Waals surface area contributed by atoms with E-state index in [4.69, 9.17) is 8.83 Å². The average Bonchev–Trinajstić information content (AvgIpc) is 3.04. The highest BCUT2D eigenvalue weighted by Gasteiger charge is 2.24. The van der Waals surface area contributed by atoms with Crippen LogP contribution < -0.4 is 0 Å². The number of carbonyl (C=O) groups is 1. The molecule has 1 aliphatic heterocycles. The number of likely N-dealkylation sites (N-methyl/N-ethyl adjacent to an activating group) is 1. The Morgan fingerprint density at radius 2 is 1.36 bits per heavy atom. The van der Waals surface area contributed by atoms with Gasteiger partial charge in [-0.05, 0) is 57.3 Å². The molecule has 2 aromatic heterocycles. The quantitative estimate of drug-likeness (QED) is 0.796. The van der Waals surface area contributed by atoms with Crippen molar-refractivity contribution in [1.29, 1.82) is 0 Å². The fraction of sp³-hybridized carbons (Fsp3) is 0.278. The van der Waals surface area contributed by atoms with E-state index in [1.165, 1.54) is 0 Å². The third-order valence-electron chi connectivity index (χ3n) is 3.62. The van der Waals surface area contributed by atoms with E-state index in [0.29, 0.717) is 24.6 Å². The molecule has 1 saturated heterocycles. The molecule has 0 radical (unpaired) electrons. The molecule has 2 aromatic rings. The van der Waals surface area contributed by atoms with Gasteiger partial charge in [0, 0.05) is 24.2 Å². The number of aryl methyl sites for hydroxylation is 2. The van der Waals surface area contributed by atoms with Crippen molar-refractivity contribution >= 4 is 17.9 Å². The van der Waals surface area contributed by atoms with Crippen LogP contribution in [0.2, 0.25) is 0 Å². The number of hydrogen-bond acceptors (Lipinski definition) is 4. The Morgan fingerprint density at radius 3 is 1.73 bits per heavy atom. The molecule has 114 valence electrons. The van der Waals surface area contributed by atoms with Gasteiger partial charge in [0.05, 0.1) is 0 Å². The van der Waals surface area contributed by atoms with Gasteiger partial charge in [-0.2, -0.15) is 0 Å². The molecule has 4 nitrogen and oxygen atoms in total. The van der Waals surface area contributed by atoms with Crippen molar-refractivity contribution in [2.75, 3.05) is 20.1 Å². The van der Waals surface area contributed by atoms with Crippen LogP contribution in [0.25, 0.3) is 12.2 Å². The van der Waals surface area contributed by atoms with E-state index in [1.807, 2.05) is 57.3 Å². The first kappa shape index (κ1) is 14.6. The van der Waals surface area contributed by atoms with Gasteiger partial charge in [0.25, 0.3) is 0 Å². The summed E-state index contributed by atoms with van der Waals surface area (Å²) >= 11 is 0. The third kappa shape index (κ3) is 3.12. The summed E-state index contributed by atoms with van der Waals surface area (Å²) in [4.78, 5) is 14.7. The zero-order valence-corrected chi connectivity index (χ0v) is 13.1. The predicted octanol–water partition coefficient (Wildman–Crippen LogP) is 3.47. The van der Waals surface area contributed by atoms with Crippen LogP contribution in [0.4, 0.5) is 0 Å². The van der Waals surface area contributed by atoms with E-state index in [9.17, 15) is 4.79 Å². The van der Waals surface area contributed by atoms with Gasteiger partial charge >= 0.3 is 0 Å². The van der Waals surface area contributed by atoms with Crippen LogP contribution in [0.5, 0.6) is 0 Å². The van der Waals surface area contributed by atoms with Crippen molar-refractivity contribution in [3.63, 3.8) is 0 Å². The molecule has 3 heterocycles. The summed E-state index contributed by atoms with van der Waals surface area (Å²) in [5.74, 6) is 3.16. The molecule has 0 atom stereocenters. The van der Waals surface area contributed by atoms with Gasteiger partial charge < -0.3 is 8.83 Å². The average molecular weight is 297 g/mol. The smallest absolute Gasteiger partial charge is 0.187 e. The maximum absolute atomic E-state index is 12.6. The first-order chi connectivity index (χ1) is 10.5. The fourth-order valence-electron chi connectivity index (χ4n) is 2.62. The largest absolute Gasteiger partial charge is 0.462 e. The van der Waals surface area contributed by atoms with E-state index >= 15 is 0 Å². The second-order valence-corrected chi connectivity index (χ2v) is 5.74. The highest BCUT2D eigenvalue weighted by Crippen LogP contribution is 2.22. The first-order valence-electron chi connectivity index (χ1n) is 7.28. The third-order valence-corrected chi connectivity index (χ3v) is 3.62. The Kier molecular flexibility index (Phi) is 3.86. The summed E-state index contributed by atoms with van der Waals surface area (Å²) < 4.78 is 11.1. The summed E-state index contributed by atoms with van der Waals surface area (Å²) in [6.07, 6.45) is 3.65. The lowest BCUT2D eigenvalue weighted by atomic mass is 9.96. The molecule has 0 aliphatic carbocycles. The molecule has 0 amide bonds. The molecule has 3 rings (SSSR count). The van der Waals surface area contributed by atoms with Crippen LogP contribution in [-0.4, -0.2) is 30.8 Å². The van der Waals surface area contributed by atoms with Gasteiger partial charge in [0.15, 0.2) is 5.78 Å². The molecule has 0 unspecified atom stereocenters. The molecule has 1 aliphatic rings. The summed E-state index contributed by atoms with van der Waals surface area (Å²) in [5, 5.41) is 0. The second kappa shape index (κ2) is 5.81. The molecule has 0 saturated carbocycles. The molecule has 22 heavy (non-hydrogen) atoms. The minimum absolute atomic E-state index is 0.0567. The molecule has 1 fully saturated rings. The van der Waals surface area contributed by atoms with Crippen molar-refractivity contribution in [3.05, 3.63) is 58.5 Å². The van der Waals surface area contributed by atoms with E-state index in [2.05, 4.69) is 4.90 Å². The monoisotopic (exact) mass is 297 g/mol. The maximum atomic E-state index is 12.6. The van der Waals surface area contributed by atoms with Crippen LogP contribution in [0.1, 0.15) is 23.0 Å². The number of Topliss-reactive ketones (excluding diaryl/α,β-unsaturated/α-hetero) is 1. The van der Waals surface area contributed by atoms with Gasteiger partial charge in [0.1, 0.15) is 23.0 Å². The topological polar surface area (TPSA) is 46.6 Å². The van der Waals surface area contributed by atoms with E-state index in [-0.39, 0.29) is 5.78 Å². The van der Waals surface area contributed by atoms with Crippen molar-refractivity contribution in [2.24, 2.45) is 0 Å². The summed E-state index contributed by atoms with van der Waals surface area (Å²) in [5.41, 5.74) is 1.47. The molecule has 0 spiro atoms. The summed E-state index contributed by atoms with van der Waals surface area (Å²) in [6, 6.07) is 7.55. The number of ketones is 1. The van der Waals surface area contributed by atoms with Gasteiger partial charge in [0.2, 0.25) is 0 Å². The van der Waals surface area contributed by atoms with Crippen molar-refractivity contribution < 1.29 is 13.6 Å². The molecule has 0 N–H and O–H groups in total. The minimum atomic E-state index is 0.0567. The number of piperidine rings is 1. The zero-order chi connectivity index (χ0) is 15.7. The van der Waals surface area contributed by atoms with E-state index in [0.717, 1.165) is 22.7 Å². The van der Waals surface area contributed by atoms with E-state index in [1.54, 1.807) is 0 Å². The van der Waals surface area contributed by atoms with Crippen molar-refractivity contribution in [2.45, 2.75) is 13.8 Å². The van der Waals surface area contributed by atoms with Gasteiger partial charge in [-0.3, -0.25) is 9.69 Å². The minimum Gasteiger partial charge on any atom is -0.462 e. The van der Waals surface area contributed by atoms with Crippen LogP contribution in [0.3, 0.4) is 0 Å². The lowest BCUT2D eigenvalue weighted by molar-refractivity contribution is -0.113. The van der Waals surface area contributed by atoms with E-state index < -0.39 is 0 Å². The maximum Gasteiger partial charge on any atom is 0.187 e. The summed E-state index contributed by atoms with van der Waals surface area (Å²) in [7, 11) is 1.99. The number of hydrogen-bond donors (Lipinski definition) is 0. The number of carbonyl (C=O) groups excluding carboxylic acids is 1. The van der Waals surface area contributed by atoms with Crippen LogP contribution in [-0.2, 0) is 4.79 Å². The normalized spacial score (nSPS) is 20.2. The first-order valence-corrected chi connectivity index (χ1v) is 7.28. The van der Waals surface area contributed by atoms with Crippen molar-refractivity contribution in [1.82, 2.24) is 4.90 Å². The zero-order valence-electron chi connectivity index (χ0n) is 13.1. The highest BCUT2D eigenvalue weighted by atomic mass is 16.3. The second-order valence-electron chi connectivity index (χ2n) is 5.74. The number of rotatable bonds is 2. The Bertz CT molecular complexity index is 699. The SMILES string of the molecule is Cc1ccc(C=C2CN(C)C/C(=C/c3ccc(C)o3)C2=O)o1. The lowest BCUT2D eigenvalue weighted by Gasteiger charge is -2.25. The molecule has 0 bridgehead atoms. The summed E-state index contributed by atoms with van der Waals surface area (Å²) in [6.45, 7) is 5.02. The Balaban J connectivity index is 1.91. The predicted molar refractivity (Wildman–Crippen MR) is 85.3 cm³/mol. The van der Waals surface area contributed by atoms with Gasteiger partial charge in [-0.1, -0.05) is 0 Å². The van der Waals surface area contributed by atoms with Crippen LogP contribution in [0.15, 0.2) is 44.2 Å². The van der Waals surface area contributed by atoms with Crippen LogP contribution >= 0.6 is 0 Å². The van der Waals surface area contributed by atoms with Crippen molar-refractivity contribution in [3.8, 4) is 0 Å². The Morgan fingerprint density at radius 1 is 0.909 bits per heavy atom. The molecule has 0 aromatic carbocycles. The standard InChI is InChI=1S/C18H19NO3/c1-12-4-6-16(21-12)8-14-10-19(3)11-15(18(14)20)9-17-7-5-13(2)22-17/h4-9H,10-11H2,1-3H3/b14-8-,15-9?. The van der Waals surface area contributed by atoms with Crippen LogP contribution in [0, 0.1) is 13.8 Å². The fourth-order valence-corrected chi connectivity index (χ4v) is 2.62. The Hall–Kier alpha value is -2.33. The number of likely N-dealkylation sites (tertiary alicyclic amines) is 1. The molecule has 4 heteroatoms.